The molecule has 1 rings (SSSR count). The minimum Gasteiger partial charge on any atom is -0.480 e. The van der Waals surface area contributed by atoms with Gasteiger partial charge in [0.05, 0.1) is 19.0 Å². The van der Waals surface area contributed by atoms with E-state index in [1.807, 2.05) is 13.8 Å². The molecule has 3 amide bonds. The number of carboxylic acid groups (broad SMARTS) is 1. The maximum absolute atomic E-state index is 13.0. The number of aliphatic imine (C=N–C) groups is 1. The number of nitrogens with one attached hydrogen (secondary N) is 4. The quantitative estimate of drug-likeness (QED) is 0.0613. The molecule has 15 heteroatoms. The summed E-state index contributed by atoms with van der Waals surface area (Å²) in [5.74, 6) is -3.54. The van der Waals surface area contributed by atoms with Gasteiger partial charge in [-0.1, -0.05) is 13.8 Å². The van der Waals surface area contributed by atoms with Crippen molar-refractivity contribution in [1.29, 1.82) is 0 Å². The second-order valence-electron chi connectivity index (χ2n) is 8.67. The molecule has 0 radical (unpaired) electrons. The minimum absolute atomic E-state index is 0.00822. The van der Waals surface area contributed by atoms with E-state index in [0.717, 1.165) is 0 Å². The summed E-state index contributed by atoms with van der Waals surface area (Å²) in [6.45, 7) is 3.15. The highest BCUT2D eigenvalue weighted by atomic mass is 16.4. The Bertz CT molecular complexity index is 886. The Hall–Kier alpha value is -3.72. The Morgan fingerprint density at radius 3 is 2.19 bits per heavy atom. The number of hydrogen-bond donors (Lipinski definition) is 9. The standard InChI is InChI=1S/C21H37N9O6/c1-11(2)6-13(22)17(32)29-15(7-12-8-25-10-27-12)18(33)30-16(9-31)19(34)28-14(20(35)36)4-3-5-26-21(23)24/h8,10-11,13-16,31H,3-7,9,22H2,1-2H3,(H,25,27)(H,28,34)(H,29,32)(H,30,33)(H,35,36)(H4,23,24,26). The number of amides is 3. The van der Waals surface area contributed by atoms with Crippen molar-refractivity contribution in [2.75, 3.05) is 13.2 Å². The molecular weight excluding hydrogens is 474 g/mol. The van der Waals surface area contributed by atoms with Crippen molar-refractivity contribution in [3.05, 3.63) is 18.2 Å². The normalized spacial score (nSPS) is 14.2. The fourth-order valence-electron chi connectivity index (χ4n) is 3.22. The van der Waals surface area contributed by atoms with Crippen LogP contribution in [0.3, 0.4) is 0 Å². The summed E-state index contributed by atoms with van der Waals surface area (Å²) in [5, 5.41) is 26.3. The van der Waals surface area contributed by atoms with Gasteiger partial charge in [0.15, 0.2) is 5.96 Å². The monoisotopic (exact) mass is 511 g/mol. The summed E-state index contributed by atoms with van der Waals surface area (Å²) >= 11 is 0. The molecular formula is C21H37N9O6. The fraction of sp³-hybridized carbons (Fsp3) is 0.619. The fourth-order valence-corrected chi connectivity index (χ4v) is 3.22. The van der Waals surface area contributed by atoms with Crippen molar-refractivity contribution < 1.29 is 29.4 Å². The Kier molecular flexibility index (Phi) is 12.9. The zero-order valence-electron chi connectivity index (χ0n) is 20.4. The van der Waals surface area contributed by atoms with Crippen molar-refractivity contribution >= 4 is 29.7 Å². The number of aliphatic hydroxyl groups is 1. The molecule has 0 fully saturated rings. The van der Waals surface area contributed by atoms with Crippen LogP contribution in [0.15, 0.2) is 17.5 Å². The molecule has 0 saturated heterocycles. The molecule has 36 heavy (non-hydrogen) atoms. The Morgan fingerprint density at radius 1 is 1.06 bits per heavy atom. The number of aliphatic carboxylic acids is 1. The van der Waals surface area contributed by atoms with Crippen LogP contribution in [0.5, 0.6) is 0 Å². The molecule has 0 spiro atoms. The van der Waals surface area contributed by atoms with E-state index in [1.165, 1.54) is 12.5 Å². The van der Waals surface area contributed by atoms with Crippen molar-refractivity contribution in [1.82, 2.24) is 25.9 Å². The molecule has 0 saturated carbocycles. The van der Waals surface area contributed by atoms with Crippen molar-refractivity contribution in [3.8, 4) is 0 Å². The van der Waals surface area contributed by atoms with Crippen molar-refractivity contribution in [2.24, 2.45) is 28.1 Å². The van der Waals surface area contributed by atoms with Gasteiger partial charge in [0.25, 0.3) is 0 Å². The van der Waals surface area contributed by atoms with Crippen LogP contribution in [0, 0.1) is 5.92 Å². The first-order chi connectivity index (χ1) is 16.9. The summed E-state index contributed by atoms with van der Waals surface area (Å²) < 4.78 is 0. The number of nitrogens with two attached hydrogens (primary N) is 3. The summed E-state index contributed by atoms with van der Waals surface area (Å²) in [4.78, 5) is 60.1. The van der Waals surface area contributed by atoms with Gasteiger partial charge in [-0.15, -0.1) is 0 Å². The highest BCUT2D eigenvalue weighted by Crippen LogP contribution is 2.06. The molecule has 202 valence electrons. The number of guanidine groups is 1. The van der Waals surface area contributed by atoms with Gasteiger partial charge in [0.1, 0.15) is 18.1 Å². The van der Waals surface area contributed by atoms with Gasteiger partial charge in [-0.25, -0.2) is 9.78 Å². The third-order valence-corrected chi connectivity index (χ3v) is 5.05. The van der Waals surface area contributed by atoms with E-state index in [4.69, 9.17) is 17.2 Å². The number of carbonyl (C=O) groups excluding carboxylic acids is 3. The van der Waals surface area contributed by atoms with E-state index in [1.54, 1.807) is 0 Å². The number of carbonyl (C=O) groups is 4. The zero-order chi connectivity index (χ0) is 27.3. The predicted molar refractivity (Wildman–Crippen MR) is 130 cm³/mol. The van der Waals surface area contributed by atoms with E-state index >= 15 is 0 Å². The van der Waals surface area contributed by atoms with Crippen molar-refractivity contribution in [3.63, 3.8) is 0 Å². The Balaban J connectivity index is 2.87. The van der Waals surface area contributed by atoms with Crippen LogP contribution >= 0.6 is 0 Å². The summed E-state index contributed by atoms with van der Waals surface area (Å²) in [7, 11) is 0. The van der Waals surface area contributed by atoms with E-state index < -0.39 is 54.5 Å². The summed E-state index contributed by atoms with van der Waals surface area (Å²) in [6.07, 6.45) is 3.55. The lowest BCUT2D eigenvalue weighted by molar-refractivity contribution is -0.142. The molecule has 0 aliphatic carbocycles. The van der Waals surface area contributed by atoms with E-state index in [9.17, 15) is 29.4 Å². The number of imidazole rings is 1. The second-order valence-corrected chi connectivity index (χ2v) is 8.67. The van der Waals surface area contributed by atoms with Gasteiger partial charge in [0, 0.05) is 24.9 Å². The topological polar surface area (TPSA) is 264 Å². The van der Waals surface area contributed by atoms with E-state index in [2.05, 4.69) is 30.9 Å². The largest absolute Gasteiger partial charge is 0.480 e. The highest BCUT2D eigenvalue weighted by Gasteiger charge is 2.30. The lowest BCUT2D eigenvalue weighted by atomic mass is 10.0. The lowest BCUT2D eigenvalue weighted by Gasteiger charge is -2.24. The SMILES string of the molecule is CC(C)CC(N)C(=O)NC(Cc1cnc[nH]1)C(=O)NC(CO)C(=O)NC(CCCN=C(N)N)C(=O)O. The van der Waals surface area contributed by atoms with Crippen LogP contribution in [0.25, 0.3) is 0 Å². The lowest BCUT2D eigenvalue weighted by Crippen LogP contribution is -2.58. The van der Waals surface area contributed by atoms with Crippen LogP contribution in [0.4, 0.5) is 0 Å². The number of carboxylic acids is 1. The molecule has 0 aromatic carbocycles. The molecule has 0 aliphatic heterocycles. The highest BCUT2D eigenvalue weighted by molar-refractivity contribution is 5.94. The Labute approximate surface area is 208 Å². The van der Waals surface area contributed by atoms with Gasteiger partial charge in [-0.2, -0.15) is 0 Å². The van der Waals surface area contributed by atoms with Crippen LogP contribution < -0.4 is 33.2 Å². The molecule has 0 bridgehead atoms. The molecule has 1 heterocycles. The Morgan fingerprint density at radius 2 is 1.67 bits per heavy atom. The molecule has 4 unspecified atom stereocenters. The maximum atomic E-state index is 13.0. The first-order valence-electron chi connectivity index (χ1n) is 11.5. The average Bonchev–Trinajstić information content (AvgIpc) is 3.30. The molecule has 12 N–H and O–H groups in total. The maximum Gasteiger partial charge on any atom is 0.326 e. The smallest absolute Gasteiger partial charge is 0.326 e. The molecule has 0 aliphatic rings. The van der Waals surface area contributed by atoms with Gasteiger partial charge in [-0.3, -0.25) is 19.4 Å². The average molecular weight is 512 g/mol. The van der Waals surface area contributed by atoms with Gasteiger partial charge in [0.2, 0.25) is 17.7 Å². The second kappa shape index (κ2) is 15.3. The molecule has 4 atom stereocenters. The zero-order valence-corrected chi connectivity index (χ0v) is 20.4. The number of aliphatic hydroxyl groups excluding tert-OH is 1. The van der Waals surface area contributed by atoms with Crippen LogP contribution in [-0.4, -0.2) is 87.2 Å². The number of nitrogens with zero attached hydrogens (tertiary/aromatic N) is 2. The van der Waals surface area contributed by atoms with Crippen LogP contribution in [-0.2, 0) is 25.6 Å². The predicted octanol–water partition coefficient (Wildman–Crippen LogP) is -3.09. The summed E-state index contributed by atoms with van der Waals surface area (Å²) in [5.41, 5.74) is 16.9. The third-order valence-electron chi connectivity index (χ3n) is 5.05. The number of rotatable bonds is 16. The van der Waals surface area contributed by atoms with Crippen LogP contribution in [0.2, 0.25) is 0 Å². The first kappa shape index (κ1) is 30.3. The molecule has 15 nitrogen and oxygen atoms in total. The number of aromatic amines is 1. The van der Waals surface area contributed by atoms with E-state index in [0.29, 0.717) is 12.1 Å². The van der Waals surface area contributed by atoms with Crippen molar-refractivity contribution in [2.45, 2.75) is 63.7 Å². The number of H-pyrrole nitrogens is 1. The van der Waals surface area contributed by atoms with E-state index in [-0.39, 0.29) is 37.7 Å². The molecule has 1 aromatic rings. The van der Waals surface area contributed by atoms with Gasteiger partial charge in [-0.05, 0) is 25.2 Å². The van der Waals surface area contributed by atoms with Gasteiger partial charge >= 0.3 is 5.97 Å². The third kappa shape index (κ3) is 11.1. The molecule has 1 aromatic heterocycles. The van der Waals surface area contributed by atoms with Gasteiger partial charge < -0.3 is 48.3 Å². The minimum atomic E-state index is -1.47. The number of aromatic nitrogens is 2. The van der Waals surface area contributed by atoms with Crippen LogP contribution in [0.1, 0.15) is 38.8 Å². The summed E-state index contributed by atoms with van der Waals surface area (Å²) in [6, 6.07) is -4.77. The number of hydrogen-bond acceptors (Lipinski definition) is 8. The first-order valence-corrected chi connectivity index (χ1v) is 11.5.